The summed E-state index contributed by atoms with van der Waals surface area (Å²) in [6.07, 6.45) is 2.89. The number of amides is 2. The van der Waals surface area contributed by atoms with Crippen LogP contribution in [0.3, 0.4) is 0 Å². The summed E-state index contributed by atoms with van der Waals surface area (Å²) in [7, 11) is 0. The summed E-state index contributed by atoms with van der Waals surface area (Å²) in [5, 5.41) is 3.38. The van der Waals surface area contributed by atoms with Crippen LogP contribution < -0.4 is 10.1 Å². The number of carbonyl (C=O) groups excluding carboxylic acids is 2. The predicted molar refractivity (Wildman–Crippen MR) is 120 cm³/mol. The number of nitrogens with zero attached hydrogens (tertiary/aromatic N) is 2. The van der Waals surface area contributed by atoms with Crippen molar-refractivity contribution in [1.29, 1.82) is 0 Å². The number of pyridine rings is 1. The van der Waals surface area contributed by atoms with Crippen molar-refractivity contribution in [3.63, 3.8) is 0 Å². The van der Waals surface area contributed by atoms with E-state index in [0.717, 1.165) is 5.56 Å². The van der Waals surface area contributed by atoms with Crippen LogP contribution in [0.15, 0.2) is 48.8 Å². The van der Waals surface area contributed by atoms with E-state index >= 15 is 0 Å². The van der Waals surface area contributed by atoms with E-state index in [1.165, 1.54) is 0 Å². The molecule has 2 aromatic rings. The lowest BCUT2D eigenvalue weighted by Gasteiger charge is -2.27. The van der Waals surface area contributed by atoms with E-state index < -0.39 is 17.8 Å². The van der Waals surface area contributed by atoms with E-state index in [1.807, 2.05) is 32.9 Å². The fourth-order valence-corrected chi connectivity index (χ4v) is 2.88. The molecule has 31 heavy (non-hydrogen) atoms. The Labute approximate surface area is 188 Å². The molecule has 0 bridgehead atoms. The molecule has 0 saturated heterocycles. The van der Waals surface area contributed by atoms with Gasteiger partial charge in [0.2, 0.25) is 0 Å². The summed E-state index contributed by atoms with van der Waals surface area (Å²) in [5.74, 6) is 0.291. The first kappa shape index (κ1) is 24.5. The minimum atomic E-state index is -0.671. The molecule has 0 aliphatic carbocycles. The highest BCUT2D eigenvalue weighted by Crippen LogP contribution is 2.18. The summed E-state index contributed by atoms with van der Waals surface area (Å²) in [4.78, 5) is 30.6. The number of benzene rings is 1. The molecule has 2 rings (SSSR count). The molecule has 2 amide bonds. The van der Waals surface area contributed by atoms with Crippen LogP contribution in [0.1, 0.15) is 39.7 Å². The quantitative estimate of drug-likeness (QED) is 0.574. The summed E-state index contributed by atoms with van der Waals surface area (Å²) >= 11 is 5.94. The molecule has 0 saturated carbocycles. The highest BCUT2D eigenvalue weighted by molar-refractivity contribution is 6.30. The summed E-state index contributed by atoms with van der Waals surface area (Å²) < 4.78 is 11.1. The topological polar surface area (TPSA) is 80.8 Å². The van der Waals surface area contributed by atoms with Gasteiger partial charge in [-0.25, -0.2) is 4.79 Å². The summed E-state index contributed by atoms with van der Waals surface area (Å²) in [6.45, 7) is 8.36. The standard InChI is InChI=1S/C23H30ClN3O4/c1-17(30-20-10-5-9-19(24)14-20)21(28)26-12-7-13-27(22(29)31-23(2,3)4)16-18-8-6-11-25-15-18/h5-6,8-11,14-15,17H,7,12-13,16H2,1-4H3,(H,26,28). The molecule has 1 unspecified atom stereocenters. The summed E-state index contributed by atoms with van der Waals surface area (Å²) in [5.41, 5.74) is 0.312. The molecular formula is C23H30ClN3O4. The van der Waals surface area contributed by atoms with Crippen LogP contribution in [0.25, 0.3) is 0 Å². The van der Waals surface area contributed by atoms with Crippen LogP contribution in [0.5, 0.6) is 5.75 Å². The Morgan fingerprint density at radius 3 is 2.65 bits per heavy atom. The molecule has 0 aliphatic rings. The van der Waals surface area contributed by atoms with Crippen molar-refractivity contribution < 1.29 is 19.1 Å². The van der Waals surface area contributed by atoms with Gasteiger partial charge < -0.3 is 19.7 Å². The molecule has 8 heteroatoms. The van der Waals surface area contributed by atoms with Gasteiger partial charge in [0.1, 0.15) is 11.4 Å². The third-order valence-electron chi connectivity index (χ3n) is 4.13. The Balaban J connectivity index is 1.84. The zero-order valence-electron chi connectivity index (χ0n) is 18.4. The zero-order valence-corrected chi connectivity index (χ0v) is 19.2. The Morgan fingerprint density at radius 1 is 1.23 bits per heavy atom. The monoisotopic (exact) mass is 447 g/mol. The highest BCUT2D eigenvalue weighted by Gasteiger charge is 2.22. The number of hydrogen-bond donors (Lipinski definition) is 1. The average Bonchev–Trinajstić information content (AvgIpc) is 2.69. The molecular weight excluding hydrogens is 418 g/mol. The van der Waals surface area contributed by atoms with Gasteiger partial charge in [-0.1, -0.05) is 23.7 Å². The maximum Gasteiger partial charge on any atom is 0.410 e. The maximum absolute atomic E-state index is 12.6. The van der Waals surface area contributed by atoms with Gasteiger partial charge in [0, 0.05) is 30.5 Å². The highest BCUT2D eigenvalue weighted by atomic mass is 35.5. The van der Waals surface area contributed by atoms with E-state index in [0.29, 0.717) is 36.8 Å². The van der Waals surface area contributed by atoms with Crippen molar-refractivity contribution in [3.05, 3.63) is 59.4 Å². The fourth-order valence-electron chi connectivity index (χ4n) is 2.70. The normalized spacial score (nSPS) is 12.0. The second-order valence-corrected chi connectivity index (χ2v) is 8.56. The van der Waals surface area contributed by atoms with Crippen LogP contribution in [0.4, 0.5) is 4.79 Å². The van der Waals surface area contributed by atoms with Gasteiger partial charge in [0.25, 0.3) is 5.91 Å². The van der Waals surface area contributed by atoms with Crippen LogP contribution in [0.2, 0.25) is 5.02 Å². The van der Waals surface area contributed by atoms with Crippen molar-refractivity contribution in [2.24, 2.45) is 0 Å². The number of nitrogens with one attached hydrogen (secondary N) is 1. The van der Waals surface area contributed by atoms with Crippen LogP contribution in [0, 0.1) is 0 Å². The van der Waals surface area contributed by atoms with Crippen LogP contribution in [-0.4, -0.2) is 46.7 Å². The van der Waals surface area contributed by atoms with Gasteiger partial charge >= 0.3 is 6.09 Å². The van der Waals surface area contributed by atoms with Crippen molar-refractivity contribution in [1.82, 2.24) is 15.2 Å². The zero-order chi connectivity index (χ0) is 22.9. The molecule has 1 aromatic heterocycles. The maximum atomic E-state index is 12.6. The molecule has 0 spiro atoms. The van der Waals surface area contributed by atoms with Crippen molar-refractivity contribution in [3.8, 4) is 5.75 Å². The number of aromatic nitrogens is 1. The summed E-state index contributed by atoms with van der Waals surface area (Å²) in [6, 6.07) is 10.6. The van der Waals surface area contributed by atoms with E-state index in [4.69, 9.17) is 21.1 Å². The van der Waals surface area contributed by atoms with Gasteiger partial charge in [0.15, 0.2) is 6.10 Å². The lowest BCUT2D eigenvalue weighted by Crippen LogP contribution is -2.40. The van der Waals surface area contributed by atoms with E-state index in [1.54, 1.807) is 48.5 Å². The number of hydrogen-bond acceptors (Lipinski definition) is 5. The largest absolute Gasteiger partial charge is 0.481 e. The third kappa shape index (κ3) is 9.26. The van der Waals surface area contributed by atoms with Gasteiger partial charge in [-0.2, -0.15) is 0 Å². The first-order valence-electron chi connectivity index (χ1n) is 10.2. The lowest BCUT2D eigenvalue weighted by atomic mass is 10.2. The van der Waals surface area contributed by atoms with Gasteiger partial charge in [-0.05, 0) is 63.9 Å². The molecule has 1 atom stereocenters. The lowest BCUT2D eigenvalue weighted by molar-refractivity contribution is -0.127. The molecule has 1 N–H and O–H groups in total. The van der Waals surface area contributed by atoms with Crippen LogP contribution in [-0.2, 0) is 16.1 Å². The second-order valence-electron chi connectivity index (χ2n) is 8.13. The second kappa shape index (κ2) is 11.6. The first-order valence-corrected chi connectivity index (χ1v) is 10.6. The average molecular weight is 448 g/mol. The Kier molecular flexibility index (Phi) is 9.12. The first-order chi connectivity index (χ1) is 14.6. The number of carbonyl (C=O) groups is 2. The Morgan fingerprint density at radius 2 is 2.00 bits per heavy atom. The number of halogens is 1. The minimum Gasteiger partial charge on any atom is -0.481 e. The van der Waals surface area contributed by atoms with Gasteiger partial charge in [-0.15, -0.1) is 0 Å². The molecule has 0 aliphatic heterocycles. The van der Waals surface area contributed by atoms with Crippen molar-refractivity contribution in [2.75, 3.05) is 13.1 Å². The molecule has 7 nitrogen and oxygen atoms in total. The van der Waals surface area contributed by atoms with E-state index in [2.05, 4.69) is 10.3 Å². The third-order valence-corrected chi connectivity index (χ3v) is 4.37. The number of rotatable bonds is 9. The van der Waals surface area contributed by atoms with E-state index in [-0.39, 0.29) is 5.91 Å². The number of ether oxygens (including phenoxy) is 2. The molecule has 1 heterocycles. The minimum absolute atomic E-state index is 0.240. The van der Waals surface area contributed by atoms with Crippen molar-refractivity contribution in [2.45, 2.75) is 52.4 Å². The van der Waals surface area contributed by atoms with E-state index in [9.17, 15) is 9.59 Å². The van der Waals surface area contributed by atoms with Gasteiger partial charge in [-0.3, -0.25) is 9.78 Å². The molecule has 0 fully saturated rings. The molecule has 0 radical (unpaired) electrons. The smallest absolute Gasteiger partial charge is 0.410 e. The Hall–Kier alpha value is -2.80. The van der Waals surface area contributed by atoms with Crippen LogP contribution >= 0.6 is 11.6 Å². The Bertz CT molecular complexity index is 855. The van der Waals surface area contributed by atoms with Gasteiger partial charge in [0.05, 0.1) is 6.54 Å². The molecule has 1 aromatic carbocycles. The molecule has 168 valence electrons. The fraction of sp³-hybridized carbons (Fsp3) is 0.435. The predicted octanol–water partition coefficient (Wildman–Crippen LogP) is 4.45. The SMILES string of the molecule is CC(Oc1cccc(Cl)c1)C(=O)NCCCN(Cc1cccnc1)C(=O)OC(C)(C)C. The van der Waals surface area contributed by atoms with Crippen molar-refractivity contribution >= 4 is 23.6 Å².